The first-order valence-corrected chi connectivity index (χ1v) is 17.5. The highest BCUT2D eigenvalue weighted by atomic mass is 15.0. The molecule has 0 spiro atoms. The van der Waals surface area contributed by atoms with E-state index in [2.05, 4.69) is 80.7 Å². The molecule has 0 aliphatic heterocycles. The van der Waals surface area contributed by atoms with Gasteiger partial charge in [-0.15, -0.1) is 0 Å². The summed E-state index contributed by atoms with van der Waals surface area (Å²) in [7, 11) is 0. The first kappa shape index (κ1) is 21.2. The van der Waals surface area contributed by atoms with Gasteiger partial charge in [-0.1, -0.05) is 139 Å². The van der Waals surface area contributed by atoms with E-state index in [9.17, 15) is 0 Å². The largest absolute Gasteiger partial charge is 0.309 e. The lowest BCUT2D eigenvalue weighted by atomic mass is 10.0. The Balaban J connectivity index is 1.15. The number of fused-ring (bicyclic) bond motifs is 10. The summed E-state index contributed by atoms with van der Waals surface area (Å²) in [5.41, 5.74) is 6.05. The second-order valence-electron chi connectivity index (χ2n) is 13.3. The van der Waals surface area contributed by atoms with Crippen LogP contribution in [0.4, 0.5) is 0 Å². The van der Waals surface area contributed by atoms with Crippen molar-refractivity contribution in [1.82, 2.24) is 23.9 Å². The molecule has 0 aliphatic carbocycles. The summed E-state index contributed by atoms with van der Waals surface area (Å²) in [6.07, 6.45) is 0. The summed E-state index contributed by atoms with van der Waals surface area (Å²) in [6, 6.07) is 33.5. The van der Waals surface area contributed by atoms with Crippen LogP contribution >= 0.6 is 0 Å². The molecule has 0 aliphatic rings. The zero-order valence-electron chi connectivity index (χ0n) is 38.2. The third kappa shape index (κ3) is 4.06. The Labute approximate surface area is 323 Å². The molecule has 0 N–H and O–H groups in total. The van der Waals surface area contributed by atoms with Crippen molar-refractivity contribution in [3.8, 4) is 39.9 Å². The van der Waals surface area contributed by atoms with Crippen LogP contribution in [0.1, 0.15) is 13.7 Å². The number of aromatic nitrogens is 5. The maximum atomic E-state index is 8.79. The molecule has 4 heterocycles. The number of rotatable bonds is 4. The molecule has 0 bridgehead atoms. The average Bonchev–Trinajstić information content (AvgIpc) is 3.95. The van der Waals surface area contributed by atoms with Gasteiger partial charge in [0.25, 0.3) is 0 Å². The van der Waals surface area contributed by atoms with E-state index in [-0.39, 0.29) is 28.6 Å². The van der Waals surface area contributed by atoms with E-state index in [1.54, 1.807) is 0 Å². The lowest BCUT2D eigenvalue weighted by Gasteiger charge is -2.15. The van der Waals surface area contributed by atoms with Gasteiger partial charge in [0.2, 0.25) is 0 Å². The molecule has 12 aromatic rings. The molecule has 0 saturated heterocycles. The van der Waals surface area contributed by atoms with Crippen LogP contribution in [0.15, 0.2) is 176 Å². The number of hydrogen-bond acceptors (Lipinski definition) is 3. The van der Waals surface area contributed by atoms with Crippen LogP contribution in [0.25, 0.3) is 111 Å². The van der Waals surface area contributed by atoms with Crippen molar-refractivity contribution in [2.24, 2.45) is 0 Å². The van der Waals surface area contributed by atoms with Crippen molar-refractivity contribution in [2.45, 2.75) is 0 Å². The van der Waals surface area contributed by atoms with Crippen LogP contribution in [-0.4, -0.2) is 23.9 Å². The van der Waals surface area contributed by atoms with Crippen molar-refractivity contribution in [2.75, 3.05) is 0 Å². The fourth-order valence-corrected chi connectivity index (χ4v) is 8.27. The lowest BCUT2D eigenvalue weighted by molar-refractivity contribution is 1.08. The van der Waals surface area contributed by atoms with E-state index in [1.807, 2.05) is 48.5 Å². The third-order valence-corrected chi connectivity index (χ3v) is 10.5. The molecule has 0 fully saturated rings. The predicted molar refractivity (Wildman–Crippen MR) is 223 cm³/mol. The summed E-state index contributed by atoms with van der Waals surface area (Å²) in [5, 5.41) is 8.39. The minimum atomic E-state index is -0.604. The van der Waals surface area contributed by atoms with Gasteiger partial charge in [0, 0.05) is 54.4 Å². The molecule has 4 aromatic heterocycles. The van der Waals surface area contributed by atoms with Gasteiger partial charge < -0.3 is 8.97 Å². The zero-order valence-corrected chi connectivity index (χ0v) is 28.2. The average molecular weight is 698 g/mol. The number of hydrogen-bond donors (Lipinski definition) is 0. The molecule has 54 heavy (non-hydrogen) atoms. The van der Waals surface area contributed by atoms with Crippen LogP contribution in [-0.2, 0) is 0 Å². The Morgan fingerprint density at radius 1 is 0.389 bits per heavy atom. The molecule has 0 amide bonds. The Morgan fingerprint density at radius 3 is 1.63 bits per heavy atom. The Bertz CT molecular complexity index is 3900. The van der Waals surface area contributed by atoms with Crippen molar-refractivity contribution in [3.63, 3.8) is 0 Å². The van der Waals surface area contributed by atoms with E-state index < -0.39 is 60.4 Å². The molecule has 250 valence electrons. The minimum absolute atomic E-state index is 0.00248. The van der Waals surface area contributed by atoms with Gasteiger partial charge >= 0.3 is 0 Å². The second kappa shape index (κ2) is 11.1. The highest BCUT2D eigenvalue weighted by Gasteiger charge is 2.22. The summed E-state index contributed by atoms with van der Waals surface area (Å²) in [4.78, 5) is 14.0. The Morgan fingerprint density at radius 2 is 0.926 bits per heavy atom. The lowest BCUT2D eigenvalue weighted by Crippen LogP contribution is -2.01. The molecule has 12 rings (SSSR count). The molecule has 0 atom stereocenters. The quantitative estimate of drug-likeness (QED) is 0.184. The third-order valence-electron chi connectivity index (χ3n) is 10.5. The number of nitrogens with zero attached hydrogens (tertiary/aromatic N) is 5. The maximum Gasteiger partial charge on any atom is 0.164 e. The van der Waals surface area contributed by atoms with E-state index in [0.29, 0.717) is 10.9 Å². The van der Waals surface area contributed by atoms with Gasteiger partial charge in [-0.05, 0) is 41.8 Å². The van der Waals surface area contributed by atoms with E-state index in [4.69, 9.17) is 23.7 Å². The molecular weight excluding hydrogens is 659 g/mol. The normalized spacial score (nSPS) is 14.7. The number of para-hydroxylation sites is 3. The predicted octanol–water partition coefficient (Wildman–Crippen LogP) is 12.3. The molecule has 0 unspecified atom stereocenters. The van der Waals surface area contributed by atoms with Crippen LogP contribution in [0.2, 0.25) is 0 Å². The van der Waals surface area contributed by atoms with Crippen LogP contribution in [0.3, 0.4) is 0 Å². The second-order valence-corrected chi connectivity index (χ2v) is 13.3. The molecular formula is C49H29N5. The summed E-state index contributed by atoms with van der Waals surface area (Å²) in [5.74, 6) is -0.635. The number of benzene rings is 8. The first-order chi connectivity index (χ1) is 30.9. The van der Waals surface area contributed by atoms with Gasteiger partial charge in [0.15, 0.2) is 17.5 Å². The fourth-order valence-electron chi connectivity index (χ4n) is 8.27. The molecule has 0 saturated carbocycles. The van der Waals surface area contributed by atoms with Gasteiger partial charge in [-0.25, -0.2) is 15.0 Å². The minimum Gasteiger partial charge on any atom is -0.309 e. The maximum absolute atomic E-state index is 8.79. The summed E-state index contributed by atoms with van der Waals surface area (Å²) < 4.78 is 89.8. The topological polar surface area (TPSA) is 48.0 Å². The molecule has 5 nitrogen and oxygen atoms in total. The van der Waals surface area contributed by atoms with Gasteiger partial charge in [0.05, 0.1) is 47.0 Å². The van der Waals surface area contributed by atoms with Crippen molar-refractivity contribution in [3.05, 3.63) is 176 Å². The standard InChI is InChI=1S/C49H29N5/c1-3-14-30(15-4-1)47-50-48(31-16-5-2-6-17-31)52-49(51-47)38-26-27-43(33-19-8-7-18-32(33)38)53-41-24-11-10-21-35(41)39-28-40-37-23-13-22-36-34-20-9-12-25-42(34)54(46(36)37)45(40)29-44(39)53/h1-29H/i1D,2D,3D,4D,5D,6D,14D,15D,16D,17D. The Hall–Kier alpha value is -7.37. The first-order valence-electron chi connectivity index (χ1n) is 22.5. The SMILES string of the molecule is [2H]c1c([2H])c([2H])c(-c2nc(-c3c([2H])c([2H])c([2H])c([2H])c3[2H])nc(-c3ccc(-n4c5ccccc5c5cc6c7cccc8c9ccccc9n(c6cc54)c87)c4ccccc34)n2)c([2H])c1[2H]. The van der Waals surface area contributed by atoms with Gasteiger partial charge in [-0.2, -0.15) is 0 Å². The molecule has 0 radical (unpaired) electrons. The highest BCUT2D eigenvalue weighted by molar-refractivity contribution is 6.26. The Kier molecular flexibility index (Phi) is 4.35. The smallest absolute Gasteiger partial charge is 0.164 e. The fraction of sp³-hybridized carbons (Fsp3) is 0. The van der Waals surface area contributed by atoms with Gasteiger partial charge in [0.1, 0.15) is 0 Å². The molecule has 5 heteroatoms. The van der Waals surface area contributed by atoms with Gasteiger partial charge in [-0.3, -0.25) is 0 Å². The van der Waals surface area contributed by atoms with Crippen LogP contribution < -0.4 is 0 Å². The monoisotopic (exact) mass is 697 g/mol. The zero-order chi connectivity index (χ0) is 44.0. The highest BCUT2D eigenvalue weighted by Crippen LogP contribution is 2.43. The van der Waals surface area contributed by atoms with Crippen LogP contribution in [0.5, 0.6) is 0 Å². The molecule has 8 aromatic carbocycles. The van der Waals surface area contributed by atoms with E-state index >= 15 is 0 Å². The van der Waals surface area contributed by atoms with E-state index in [0.717, 1.165) is 49.3 Å². The van der Waals surface area contributed by atoms with E-state index in [1.165, 1.54) is 21.7 Å². The van der Waals surface area contributed by atoms with Crippen LogP contribution in [0, 0.1) is 0 Å². The van der Waals surface area contributed by atoms with Crippen molar-refractivity contribution >= 4 is 70.7 Å². The van der Waals surface area contributed by atoms with Crippen molar-refractivity contribution in [1.29, 1.82) is 0 Å². The summed E-state index contributed by atoms with van der Waals surface area (Å²) >= 11 is 0. The van der Waals surface area contributed by atoms with Crippen molar-refractivity contribution < 1.29 is 13.7 Å². The summed E-state index contributed by atoms with van der Waals surface area (Å²) in [6.45, 7) is 0.